The number of nitrogens with zero attached hydrogens (tertiary/aromatic N) is 1. The molecule has 4 heteroatoms. The Morgan fingerprint density at radius 2 is 1.92 bits per heavy atom. The molecule has 1 aliphatic rings. The van der Waals surface area contributed by atoms with Gasteiger partial charge in [-0.15, -0.1) is 0 Å². The van der Waals surface area contributed by atoms with Crippen molar-refractivity contribution in [2.24, 2.45) is 0 Å². The van der Waals surface area contributed by atoms with E-state index < -0.39 is 0 Å². The van der Waals surface area contributed by atoms with E-state index in [0.717, 1.165) is 37.4 Å². The minimum Gasteiger partial charge on any atom is -0.492 e. The molecule has 0 atom stereocenters. The molecule has 1 aliphatic heterocycles. The maximum Gasteiger partial charge on any atom is 0.164 e. The van der Waals surface area contributed by atoms with Gasteiger partial charge in [-0.2, -0.15) is 0 Å². The van der Waals surface area contributed by atoms with Crippen LogP contribution in [0.25, 0.3) is 0 Å². The summed E-state index contributed by atoms with van der Waals surface area (Å²) >= 11 is 6.38. The highest BCUT2D eigenvalue weighted by Gasteiger charge is 2.15. The Morgan fingerprint density at radius 3 is 2.60 bits per heavy atom. The van der Waals surface area contributed by atoms with Crippen LogP contribution in [0.15, 0.2) is 12.1 Å². The van der Waals surface area contributed by atoms with Crippen molar-refractivity contribution >= 4 is 17.4 Å². The van der Waals surface area contributed by atoms with Crippen molar-refractivity contribution in [1.82, 2.24) is 4.90 Å². The van der Waals surface area contributed by atoms with Crippen LogP contribution in [0.2, 0.25) is 5.02 Å². The number of carbonyl (C=O) groups is 1. The molecule has 0 spiro atoms. The predicted octanol–water partition coefficient (Wildman–Crippen LogP) is 5.67. The van der Waals surface area contributed by atoms with Crippen molar-refractivity contribution in [1.29, 1.82) is 0 Å². The van der Waals surface area contributed by atoms with E-state index in [1.54, 1.807) is 6.07 Å². The van der Waals surface area contributed by atoms with Crippen LogP contribution in [0, 0.1) is 6.92 Å². The summed E-state index contributed by atoms with van der Waals surface area (Å²) in [6, 6.07) is 3.69. The minimum absolute atomic E-state index is 0.171. The fraction of sp³-hybridized carbons (Fsp3) is 0.667. The Labute approximate surface area is 157 Å². The zero-order chi connectivity index (χ0) is 18.1. The molecule has 140 valence electrons. The molecule has 1 fully saturated rings. The number of unbranched alkanes of at least 4 members (excludes halogenated alkanes) is 3. The zero-order valence-corrected chi connectivity index (χ0v) is 16.5. The van der Waals surface area contributed by atoms with Crippen LogP contribution in [0.4, 0.5) is 0 Å². The molecule has 0 aromatic heterocycles. The van der Waals surface area contributed by atoms with Crippen molar-refractivity contribution in [3.8, 4) is 5.75 Å². The molecule has 2 rings (SSSR count). The minimum atomic E-state index is 0.171. The van der Waals surface area contributed by atoms with Gasteiger partial charge in [0.25, 0.3) is 0 Å². The summed E-state index contributed by atoms with van der Waals surface area (Å²) < 4.78 is 5.85. The van der Waals surface area contributed by atoms with Crippen molar-refractivity contribution in [2.45, 2.75) is 65.2 Å². The van der Waals surface area contributed by atoms with Crippen molar-refractivity contribution in [2.75, 3.05) is 26.2 Å². The summed E-state index contributed by atoms with van der Waals surface area (Å²) in [5.74, 6) is 0.899. The molecule has 1 heterocycles. The lowest BCUT2D eigenvalue weighted by Crippen LogP contribution is -2.31. The van der Waals surface area contributed by atoms with Gasteiger partial charge >= 0.3 is 0 Å². The van der Waals surface area contributed by atoms with E-state index in [9.17, 15) is 4.79 Å². The van der Waals surface area contributed by atoms with Gasteiger partial charge < -0.3 is 9.64 Å². The van der Waals surface area contributed by atoms with Crippen LogP contribution in [-0.4, -0.2) is 36.9 Å². The van der Waals surface area contributed by atoms with Crippen molar-refractivity contribution in [3.05, 3.63) is 28.3 Å². The van der Waals surface area contributed by atoms with Gasteiger partial charge in [-0.25, -0.2) is 0 Å². The van der Waals surface area contributed by atoms with E-state index in [-0.39, 0.29) is 5.78 Å². The number of ketones is 1. The smallest absolute Gasteiger partial charge is 0.164 e. The number of Topliss-reactive ketones (excluding diaryl/α,β-unsaturated/α-hetero) is 1. The molecule has 3 nitrogen and oxygen atoms in total. The highest BCUT2D eigenvalue weighted by molar-refractivity contribution is 6.32. The van der Waals surface area contributed by atoms with E-state index in [2.05, 4.69) is 11.8 Å². The maximum atomic E-state index is 12.5. The summed E-state index contributed by atoms with van der Waals surface area (Å²) in [6.45, 7) is 7.95. The number of likely N-dealkylation sites (tertiary alicyclic amines) is 1. The second-order valence-corrected chi connectivity index (χ2v) is 7.50. The molecule has 25 heavy (non-hydrogen) atoms. The summed E-state index contributed by atoms with van der Waals surface area (Å²) in [5, 5.41) is 0.553. The number of aryl methyl sites for hydroxylation is 1. The lowest BCUT2D eigenvalue weighted by Gasteiger charge is -2.26. The fourth-order valence-corrected chi connectivity index (χ4v) is 3.69. The monoisotopic (exact) mass is 365 g/mol. The van der Waals surface area contributed by atoms with Crippen molar-refractivity contribution in [3.63, 3.8) is 0 Å². The number of piperidine rings is 1. The summed E-state index contributed by atoms with van der Waals surface area (Å²) in [7, 11) is 0. The van der Waals surface area contributed by atoms with Crippen LogP contribution in [-0.2, 0) is 0 Å². The highest BCUT2D eigenvalue weighted by Crippen LogP contribution is 2.30. The molecule has 0 radical (unpaired) electrons. The zero-order valence-electron chi connectivity index (χ0n) is 15.8. The van der Waals surface area contributed by atoms with Crippen LogP contribution in [0.5, 0.6) is 5.75 Å². The number of benzene rings is 1. The third kappa shape index (κ3) is 6.63. The van der Waals surface area contributed by atoms with Gasteiger partial charge in [0, 0.05) is 18.5 Å². The lowest BCUT2D eigenvalue weighted by molar-refractivity contribution is 0.0958. The molecule has 1 aromatic rings. The quantitative estimate of drug-likeness (QED) is 0.395. The summed E-state index contributed by atoms with van der Waals surface area (Å²) in [4.78, 5) is 14.9. The van der Waals surface area contributed by atoms with Gasteiger partial charge in [-0.05, 0) is 57.0 Å². The Bertz CT molecular complexity index is 530. The van der Waals surface area contributed by atoms with Gasteiger partial charge in [0.2, 0.25) is 0 Å². The average molecular weight is 366 g/mol. The first-order valence-corrected chi connectivity index (χ1v) is 10.2. The molecule has 1 aromatic carbocycles. The molecule has 0 aliphatic carbocycles. The van der Waals surface area contributed by atoms with E-state index in [1.165, 1.54) is 38.5 Å². The topological polar surface area (TPSA) is 29.5 Å². The standard InChI is InChI=1S/C21H32ClNO2/c1-3-4-5-9-14-25-21-17(2)15-18(16-19(21)22)20(24)10-13-23-11-7-6-8-12-23/h15-16H,3-14H2,1-2H3. The first-order chi connectivity index (χ1) is 12.1. The number of rotatable bonds is 10. The second kappa shape index (κ2) is 10.8. The Kier molecular flexibility index (Phi) is 8.77. The molecule has 0 saturated carbocycles. The first-order valence-electron chi connectivity index (χ1n) is 9.80. The number of carbonyl (C=O) groups excluding carboxylic acids is 1. The summed E-state index contributed by atoms with van der Waals surface area (Å²) in [6.07, 6.45) is 9.06. The molecule has 0 bridgehead atoms. The van der Waals surface area contributed by atoms with Crippen molar-refractivity contribution < 1.29 is 9.53 Å². The SMILES string of the molecule is CCCCCCOc1c(C)cc(C(=O)CCN2CCCCC2)cc1Cl. The third-order valence-corrected chi connectivity index (χ3v) is 5.18. The number of ether oxygens (including phenoxy) is 1. The Hall–Kier alpha value is -1.06. The van der Waals surface area contributed by atoms with Gasteiger partial charge in [-0.1, -0.05) is 44.2 Å². The van der Waals surface area contributed by atoms with Gasteiger partial charge in [-0.3, -0.25) is 4.79 Å². The van der Waals surface area contributed by atoms with Crippen LogP contribution in [0.1, 0.15) is 74.2 Å². The predicted molar refractivity (Wildman–Crippen MR) is 105 cm³/mol. The van der Waals surface area contributed by atoms with Gasteiger partial charge in [0.05, 0.1) is 11.6 Å². The van der Waals surface area contributed by atoms with Gasteiger partial charge in [0.15, 0.2) is 5.78 Å². The normalized spacial score (nSPS) is 15.3. The molecule has 0 N–H and O–H groups in total. The first kappa shape index (κ1) is 20.3. The largest absolute Gasteiger partial charge is 0.492 e. The van der Waals surface area contributed by atoms with E-state index in [4.69, 9.17) is 16.3 Å². The lowest BCUT2D eigenvalue weighted by atomic mass is 10.0. The Balaban J connectivity index is 1.87. The van der Waals surface area contributed by atoms with Crippen LogP contribution in [0.3, 0.4) is 0 Å². The fourth-order valence-electron chi connectivity index (χ4n) is 3.36. The van der Waals surface area contributed by atoms with E-state index in [1.807, 2.05) is 13.0 Å². The average Bonchev–Trinajstić information content (AvgIpc) is 2.62. The van der Waals surface area contributed by atoms with E-state index in [0.29, 0.717) is 23.6 Å². The Morgan fingerprint density at radius 1 is 1.16 bits per heavy atom. The number of halogens is 1. The van der Waals surface area contributed by atoms with Crippen LogP contribution >= 0.6 is 11.6 Å². The number of hydrogen-bond donors (Lipinski definition) is 0. The van der Waals surface area contributed by atoms with Gasteiger partial charge in [0.1, 0.15) is 5.75 Å². The highest BCUT2D eigenvalue weighted by atomic mass is 35.5. The maximum absolute atomic E-state index is 12.5. The molecule has 1 saturated heterocycles. The second-order valence-electron chi connectivity index (χ2n) is 7.09. The summed E-state index contributed by atoms with van der Waals surface area (Å²) in [5.41, 5.74) is 1.65. The third-order valence-electron chi connectivity index (χ3n) is 4.90. The molecule has 0 unspecified atom stereocenters. The molecule has 0 amide bonds. The van der Waals surface area contributed by atoms with E-state index >= 15 is 0 Å². The number of hydrogen-bond acceptors (Lipinski definition) is 3. The van der Waals surface area contributed by atoms with Crippen LogP contribution < -0.4 is 4.74 Å². The molecular formula is C21H32ClNO2. The molecular weight excluding hydrogens is 334 g/mol.